The second-order valence-electron chi connectivity index (χ2n) is 5.45. The summed E-state index contributed by atoms with van der Waals surface area (Å²) in [5.41, 5.74) is 6.88. The lowest BCUT2D eigenvalue weighted by Crippen LogP contribution is -2.41. The van der Waals surface area contributed by atoms with E-state index >= 15 is 0 Å². The molecule has 102 valence electrons. The van der Waals surface area contributed by atoms with Gasteiger partial charge >= 0.3 is 0 Å². The minimum Gasteiger partial charge on any atom is -0.465 e. The maximum absolute atomic E-state index is 5.61. The van der Waals surface area contributed by atoms with Crippen molar-refractivity contribution >= 4 is 0 Å². The highest BCUT2D eigenvalue weighted by molar-refractivity contribution is 5.20. The lowest BCUT2D eigenvalue weighted by molar-refractivity contribution is 0.139. The first-order valence-electron chi connectivity index (χ1n) is 6.77. The first-order valence-corrected chi connectivity index (χ1v) is 6.77. The van der Waals surface area contributed by atoms with Crippen molar-refractivity contribution in [3.8, 4) is 0 Å². The quantitative estimate of drug-likeness (QED) is 0.882. The summed E-state index contributed by atoms with van der Waals surface area (Å²) < 4.78 is 5.61. The summed E-state index contributed by atoms with van der Waals surface area (Å²) in [6.45, 7) is 5.88. The predicted octanol–water partition coefficient (Wildman–Crippen LogP) is 1.57. The molecule has 1 saturated heterocycles. The van der Waals surface area contributed by atoms with E-state index in [1.807, 2.05) is 6.92 Å². The van der Waals surface area contributed by atoms with E-state index in [4.69, 9.17) is 10.2 Å². The lowest BCUT2D eigenvalue weighted by atomic mass is 10.0. The third-order valence-corrected chi connectivity index (χ3v) is 4.00. The Morgan fingerprint density at radius 2 is 2.11 bits per heavy atom. The van der Waals surface area contributed by atoms with Crippen molar-refractivity contribution in [1.82, 2.24) is 9.80 Å². The van der Waals surface area contributed by atoms with E-state index in [9.17, 15) is 0 Å². The molecule has 4 heteroatoms. The van der Waals surface area contributed by atoms with Crippen LogP contribution in [0.5, 0.6) is 0 Å². The van der Waals surface area contributed by atoms with Crippen LogP contribution >= 0.6 is 0 Å². The van der Waals surface area contributed by atoms with E-state index in [0.29, 0.717) is 12.6 Å². The zero-order valence-corrected chi connectivity index (χ0v) is 11.8. The average molecular weight is 251 g/mol. The Bertz CT molecular complexity index is 380. The highest BCUT2D eigenvalue weighted by atomic mass is 16.3. The summed E-state index contributed by atoms with van der Waals surface area (Å²) >= 11 is 0. The van der Waals surface area contributed by atoms with Crippen LogP contribution in [0.2, 0.25) is 0 Å². The van der Waals surface area contributed by atoms with Crippen LogP contribution in [0.25, 0.3) is 0 Å². The van der Waals surface area contributed by atoms with E-state index in [1.165, 1.54) is 31.5 Å². The molecule has 0 atom stereocenters. The summed E-state index contributed by atoms with van der Waals surface area (Å²) in [4.78, 5) is 4.85. The number of likely N-dealkylation sites (tertiary alicyclic amines) is 1. The number of rotatable bonds is 4. The van der Waals surface area contributed by atoms with E-state index in [0.717, 1.165) is 18.1 Å². The summed E-state index contributed by atoms with van der Waals surface area (Å²) in [6.07, 6.45) is 2.52. The van der Waals surface area contributed by atoms with Crippen molar-refractivity contribution in [3.05, 3.63) is 23.2 Å². The molecule has 0 aliphatic carbocycles. The van der Waals surface area contributed by atoms with Gasteiger partial charge in [-0.1, -0.05) is 0 Å². The number of nitrogens with two attached hydrogens (primary N) is 1. The van der Waals surface area contributed by atoms with Gasteiger partial charge in [-0.3, -0.25) is 4.90 Å². The van der Waals surface area contributed by atoms with E-state index in [2.05, 4.69) is 30.0 Å². The molecule has 0 unspecified atom stereocenters. The average Bonchev–Trinajstić information content (AvgIpc) is 2.71. The van der Waals surface area contributed by atoms with Gasteiger partial charge in [0.25, 0.3) is 0 Å². The summed E-state index contributed by atoms with van der Waals surface area (Å²) in [7, 11) is 4.41. The van der Waals surface area contributed by atoms with Gasteiger partial charge in [0, 0.05) is 18.2 Å². The van der Waals surface area contributed by atoms with Crippen LogP contribution in [0.4, 0.5) is 0 Å². The van der Waals surface area contributed by atoms with Crippen LogP contribution in [0.1, 0.15) is 29.9 Å². The fourth-order valence-electron chi connectivity index (χ4n) is 2.68. The van der Waals surface area contributed by atoms with Gasteiger partial charge in [0.2, 0.25) is 0 Å². The molecule has 0 saturated carbocycles. The smallest absolute Gasteiger partial charge is 0.118 e. The molecular weight excluding hydrogens is 226 g/mol. The van der Waals surface area contributed by atoms with Crippen LogP contribution in [-0.2, 0) is 13.1 Å². The van der Waals surface area contributed by atoms with Crippen LogP contribution in [-0.4, -0.2) is 43.0 Å². The van der Waals surface area contributed by atoms with Gasteiger partial charge in [-0.25, -0.2) is 0 Å². The molecule has 0 amide bonds. The summed E-state index contributed by atoms with van der Waals surface area (Å²) in [6, 6.07) is 2.79. The largest absolute Gasteiger partial charge is 0.465 e. The van der Waals surface area contributed by atoms with Gasteiger partial charge in [0.15, 0.2) is 0 Å². The van der Waals surface area contributed by atoms with Crippen LogP contribution in [0, 0.1) is 6.92 Å². The van der Waals surface area contributed by atoms with Crippen molar-refractivity contribution in [2.75, 3.05) is 27.2 Å². The number of hydrogen-bond donors (Lipinski definition) is 1. The Morgan fingerprint density at radius 3 is 2.67 bits per heavy atom. The van der Waals surface area contributed by atoms with Gasteiger partial charge in [0.05, 0.1) is 6.54 Å². The van der Waals surface area contributed by atoms with Crippen molar-refractivity contribution in [3.63, 3.8) is 0 Å². The molecule has 0 aromatic carbocycles. The standard InChI is InChI=1S/C14H25N3O/c1-11-12(8-14(9-15)18-11)10-17(3)13-4-6-16(2)7-5-13/h8,13H,4-7,9-10,15H2,1-3H3. The molecule has 1 aromatic heterocycles. The zero-order valence-electron chi connectivity index (χ0n) is 11.8. The van der Waals surface area contributed by atoms with Gasteiger partial charge in [-0.05, 0) is 53.0 Å². The van der Waals surface area contributed by atoms with Crippen molar-refractivity contribution in [2.24, 2.45) is 5.73 Å². The second kappa shape index (κ2) is 5.87. The maximum Gasteiger partial charge on any atom is 0.118 e. The van der Waals surface area contributed by atoms with Gasteiger partial charge < -0.3 is 15.1 Å². The van der Waals surface area contributed by atoms with Gasteiger partial charge in [-0.15, -0.1) is 0 Å². The lowest BCUT2D eigenvalue weighted by Gasteiger charge is -2.35. The Hall–Kier alpha value is -0.840. The molecule has 2 rings (SSSR count). The molecular formula is C14H25N3O. The van der Waals surface area contributed by atoms with Crippen LogP contribution < -0.4 is 5.73 Å². The molecule has 1 fully saturated rings. The predicted molar refractivity (Wildman–Crippen MR) is 73.3 cm³/mol. The van der Waals surface area contributed by atoms with Crippen LogP contribution in [0.3, 0.4) is 0 Å². The van der Waals surface area contributed by atoms with E-state index in [-0.39, 0.29) is 0 Å². The normalized spacial score (nSPS) is 18.7. The minimum absolute atomic E-state index is 0.485. The fraction of sp³-hybridized carbons (Fsp3) is 0.714. The first kappa shape index (κ1) is 13.6. The number of piperidine rings is 1. The Balaban J connectivity index is 1.93. The van der Waals surface area contributed by atoms with Crippen molar-refractivity contribution in [1.29, 1.82) is 0 Å². The van der Waals surface area contributed by atoms with E-state index < -0.39 is 0 Å². The molecule has 0 spiro atoms. The van der Waals surface area contributed by atoms with Crippen molar-refractivity contribution in [2.45, 2.75) is 38.9 Å². The Labute approximate surface area is 110 Å². The highest BCUT2D eigenvalue weighted by Crippen LogP contribution is 2.20. The third kappa shape index (κ3) is 3.13. The fourth-order valence-corrected chi connectivity index (χ4v) is 2.68. The second-order valence-corrected chi connectivity index (χ2v) is 5.45. The number of aryl methyl sites for hydroxylation is 1. The molecule has 1 aliphatic heterocycles. The van der Waals surface area contributed by atoms with E-state index in [1.54, 1.807) is 0 Å². The SMILES string of the molecule is Cc1oc(CN)cc1CN(C)C1CCN(C)CC1. The topological polar surface area (TPSA) is 45.6 Å². The molecule has 1 aliphatic rings. The molecule has 2 heterocycles. The molecule has 2 N–H and O–H groups in total. The molecule has 0 bridgehead atoms. The monoisotopic (exact) mass is 251 g/mol. The summed E-state index contributed by atoms with van der Waals surface area (Å²) in [5.74, 6) is 1.90. The van der Waals surface area contributed by atoms with Gasteiger partial charge in [-0.2, -0.15) is 0 Å². The summed E-state index contributed by atoms with van der Waals surface area (Å²) in [5, 5.41) is 0. The third-order valence-electron chi connectivity index (χ3n) is 4.00. The minimum atomic E-state index is 0.485. The maximum atomic E-state index is 5.61. The number of nitrogens with zero attached hydrogens (tertiary/aromatic N) is 2. The zero-order chi connectivity index (χ0) is 13.1. The van der Waals surface area contributed by atoms with Crippen LogP contribution in [0.15, 0.2) is 10.5 Å². The van der Waals surface area contributed by atoms with Crippen molar-refractivity contribution < 1.29 is 4.42 Å². The molecule has 1 aromatic rings. The first-order chi connectivity index (χ1) is 8.60. The Kier molecular flexibility index (Phi) is 4.43. The number of furan rings is 1. The molecule has 0 radical (unpaired) electrons. The van der Waals surface area contributed by atoms with Gasteiger partial charge in [0.1, 0.15) is 11.5 Å². The highest BCUT2D eigenvalue weighted by Gasteiger charge is 2.21. The molecule has 4 nitrogen and oxygen atoms in total. The molecule has 18 heavy (non-hydrogen) atoms. The number of hydrogen-bond acceptors (Lipinski definition) is 4. The Morgan fingerprint density at radius 1 is 1.44 bits per heavy atom.